The van der Waals surface area contributed by atoms with Gasteiger partial charge in [-0.3, -0.25) is 19.6 Å². The highest BCUT2D eigenvalue weighted by Crippen LogP contribution is 2.36. The van der Waals surface area contributed by atoms with Gasteiger partial charge in [0.15, 0.2) is 0 Å². The number of amides is 2. The molecule has 0 fully saturated rings. The van der Waals surface area contributed by atoms with Crippen LogP contribution in [0.1, 0.15) is 24.0 Å². The highest BCUT2D eigenvalue weighted by Gasteiger charge is 2.47. The monoisotopic (exact) mass is 1210 g/mol. The molecule has 2 aliphatic heterocycles. The molecule has 0 saturated heterocycles. The van der Waals surface area contributed by atoms with E-state index in [0.29, 0.717) is 26.6 Å². The fraction of sp³-hybridized carbons (Fsp3) is 0.231. The average Bonchev–Trinajstić information content (AvgIpc) is 4.10. The Morgan fingerprint density at radius 3 is 1.49 bits per heavy atom. The number of rotatable bonds is 16. The predicted molar refractivity (Wildman–Crippen MR) is 306 cm³/mol. The third kappa shape index (κ3) is 17.4. The highest BCUT2D eigenvalue weighted by atomic mass is 79.9. The molecule has 6 aromatic carbocycles. The van der Waals surface area contributed by atoms with E-state index in [4.69, 9.17) is 10.0 Å². The Morgan fingerprint density at radius 1 is 0.613 bits per heavy atom. The Morgan fingerprint density at radius 2 is 1.06 bits per heavy atom. The van der Waals surface area contributed by atoms with Gasteiger partial charge < -0.3 is 41.2 Å². The molecular weight excluding hydrogens is 1160 g/mol. The van der Waals surface area contributed by atoms with E-state index in [1.807, 2.05) is 48.9 Å². The molecule has 28 heteroatoms. The van der Waals surface area contributed by atoms with Crippen molar-refractivity contribution in [3.05, 3.63) is 161 Å². The van der Waals surface area contributed by atoms with E-state index < -0.39 is 93.4 Å². The molecule has 0 aliphatic carbocycles. The van der Waals surface area contributed by atoms with Crippen LogP contribution in [0.2, 0.25) is 13.6 Å². The largest absolute Gasteiger partial charge is 0.489 e. The fourth-order valence-corrected chi connectivity index (χ4v) is 9.54. The molecule has 0 bridgehead atoms. The maximum absolute atomic E-state index is 15.0. The van der Waals surface area contributed by atoms with Crippen molar-refractivity contribution in [3.63, 3.8) is 0 Å². The Balaban J connectivity index is 0.000000220. The predicted octanol–water partition coefficient (Wildman–Crippen LogP) is 9.56. The van der Waals surface area contributed by atoms with Crippen LogP contribution in [0, 0.1) is 11.6 Å². The van der Waals surface area contributed by atoms with Crippen LogP contribution in [0.3, 0.4) is 0 Å². The van der Waals surface area contributed by atoms with Gasteiger partial charge in [-0.15, -0.1) is 23.5 Å². The third-order valence-corrected chi connectivity index (χ3v) is 14.0. The summed E-state index contributed by atoms with van der Waals surface area (Å²) in [5.41, 5.74) is 1.38. The molecule has 6 aromatic rings. The molecule has 8 rings (SSSR count). The second kappa shape index (κ2) is 28.5. The Labute approximate surface area is 474 Å². The lowest BCUT2D eigenvalue weighted by molar-refractivity contribution is -0.118. The number of thioether (sulfide) groups is 2. The van der Waals surface area contributed by atoms with Crippen molar-refractivity contribution in [2.24, 2.45) is 10.2 Å². The van der Waals surface area contributed by atoms with Crippen LogP contribution in [0.25, 0.3) is 11.1 Å². The van der Waals surface area contributed by atoms with Gasteiger partial charge in [-0.25, -0.2) is 8.78 Å². The number of hydrazone groups is 2. The number of nitrogens with zero attached hydrogens (tertiary/aromatic N) is 4. The van der Waals surface area contributed by atoms with Crippen LogP contribution in [0.4, 0.5) is 57.9 Å². The van der Waals surface area contributed by atoms with Crippen molar-refractivity contribution < 1.29 is 64.8 Å². The summed E-state index contributed by atoms with van der Waals surface area (Å²) < 4.78 is 110. The maximum atomic E-state index is 15.0. The first-order valence-corrected chi connectivity index (χ1v) is 27.5. The van der Waals surface area contributed by atoms with Gasteiger partial charge in [0.2, 0.25) is 11.8 Å². The van der Waals surface area contributed by atoms with Crippen LogP contribution in [-0.2, 0) is 22.7 Å². The highest BCUT2D eigenvalue weighted by molar-refractivity contribution is 9.10. The van der Waals surface area contributed by atoms with Gasteiger partial charge >= 0.3 is 33.6 Å². The summed E-state index contributed by atoms with van der Waals surface area (Å²) in [4.78, 5) is 27.8. The lowest BCUT2D eigenvalue weighted by Crippen LogP contribution is -2.39. The van der Waals surface area contributed by atoms with E-state index in [2.05, 4.69) is 47.2 Å². The minimum Gasteiger partial charge on any atom is -0.437 e. The van der Waals surface area contributed by atoms with Crippen molar-refractivity contribution >= 4 is 112 Å². The van der Waals surface area contributed by atoms with Gasteiger partial charge in [-0.1, -0.05) is 82.7 Å². The third-order valence-electron chi connectivity index (χ3n) is 11.9. The van der Waals surface area contributed by atoms with Crippen molar-refractivity contribution in [2.75, 3.05) is 33.2 Å². The molecule has 0 spiro atoms. The summed E-state index contributed by atoms with van der Waals surface area (Å²) >= 11 is 6.12. The van der Waals surface area contributed by atoms with Crippen molar-refractivity contribution in [2.45, 2.75) is 73.8 Å². The Bertz CT molecular complexity index is 3190. The number of halogens is 9. The van der Waals surface area contributed by atoms with E-state index in [1.54, 1.807) is 54.6 Å². The fourth-order valence-electron chi connectivity index (χ4n) is 7.97. The van der Waals surface area contributed by atoms with E-state index in [-0.39, 0.29) is 35.8 Å². The summed E-state index contributed by atoms with van der Waals surface area (Å²) in [5, 5.41) is 56.3. The number of carbonyl (C=O) groups is 2. The molecular formula is C52H52B3BrF8N8O6S2. The number of carbonyl (C=O) groups excluding carboxylic acids is 2. The quantitative estimate of drug-likeness (QED) is 0.0260. The molecule has 2 unspecified atom stereocenters. The zero-order chi connectivity index (χ0) is 58.5. The van der Waals surface area contributed by atoms with Crippen molar-refractivity contribution in [1.29, 1.82) is 0 Å². The summed E-state index contributed by atoms with van der Waals surface area (Å²) in [6.07, 6.45) is -6.98. The molecule has 0 aromatic heterocycles. The van der Waals surface area contributed by atoms with E-state index in [1.165, 1.54) is 73.6 Å². The smallest absolute Gasteiger partial charge is 0.437 e. The molecule has 2 heterocycles. The average molecular weight is 1210 g/mol. The van der Waals surface area contributed by atoms with Crippen LogP contribution in [0.15, 0.2) is 158 Å². The van der Waals surface area contributed by atoms with E-state index >= 15 is 4.39 Å². The standard InChI is InChI=1S/C26H25BF4N4O2S.C19H18BBrF4N4O2.C7H9BO2S/c1-27(37)32-15-16-6-5-7-18(12-16)35-22(14-24(34-35)26(29,30)31)25(36)33-21-11-10-17(13-20(21)28)19-8-3-4-9-23(19)38-2;1-20(31)26-10-11-3-2-4-13(7-11)29-16(9-17(28-29)19(23,24)25)18(30)27-15-6-5-12(21)8-14(15)22;1-11-7-5-3-2-4-6(7)8(9)10/h3-13,22,32,37H,14-15H2,1-2H3,(H,33,36);2-8,16,26,31H,9-10H2,1H3,(H,27,30);2-5,9-10H,1H3. The summed E-state index contributed by atoms with van der Waals surface area (Å²) in [6, 6.07) is 33.2. The molecule has 8 N–H and O–H groups in total. The van der Waals surface area contributed by atoms with Crippen LogP contribution in [-0.4, -0.2) is 102 Å². The molecule has 80 heavy (non-hydrogen) atoms. The topological polar surface area (TPSA) is 194 Å². The lowest BCUT2D eigenvalue weighted by Gasteiger charge is -2.23. The van der Waals surface area contributed by atoms with Crippen molar-refractivity contribution in [3.8, 4) is 11.1 Å². The maximum Gasteiger partial charge on any atom is 0.489 e. The molecule has 420 valence electrons. The van der Waals surface area contributed by atoms with Gasteiger partial charge in [-0.05, 0) is 121 Å². The second-order valence-electron chi connectivity index (χ2n) is 17.8. The first-order valence-electron chi connectivity index (χ1n) is 24.2. The number of benzene rings is 6. The molecule has 2 atom stereocenters. The SMILES string of the molecule is CB(O)NCc1cccc(N2N=C(C(F)(F)F)CC2C(=O)Nc2ccc(Br)cc2F)c1.CSc1ccccc1-c1ccc(NC(=O)C2CC(C(F)(F)F)=NN2c2cccc(CNB(C)O)c2)c(F)c1.CSc1ccccc1B(O)O. The minimum absolute atomic E-state index is 0.143. The summed E-state index contributed by atoms with van der Waals surface area (Å²) in [7, 11) is -2.92. The zero-order valence-electron chi connectivity index (χ0n) is 43.0. The van der Waals surface area contributed by atoms with Gasteiger partial charge in [0, 0.05) is 40.2 Å². The first kappa shape index (κ1) is 63.0. The normalized spacial score (nSPS) is 15.0. The van der Waals surface area contributed by atoms with Crippen molar-refractivity contribution in [1.82, 2.24) is 10.5 Å². The van der Waals surface area contributed by atoms with Crippen LogP contribution in [0.5, 0.6) is 0 Å². The van der Waals surface area contributed by atoms with Gasteiger partial charge in [0.05, 0.1) is 22.7 Å². The van der Waals surface area contributed by atoms with Gasteiger partial charge in [0.25, 0.3) is 0 Å². The zero-order valence-corrected chi connectivity index (χ0v) is 46.2. The molecule has 2 aliphatic rings. The second-order valence-corrected chi connectivity index (χ2v) is 20.4. The van der Waals surface area contributed by atoms with Gasteiger partial charge in [0.1, 0.15) is 35.1 Å². The van der Waals surface area contributed by atoms with Gasteiger partial charge in [-0.2, -0.15) is 36.5 Å². The number of anilines is 4. The Kier molecular flexibility index (Phi) is 22.4. The molecule has 0 saturated carbocycles. The molecule has 0 radical (unpaired) electrons. The van der Waals surface area contributed by atoms with Crippen LogP contribution < -0.4 is 36.6 Å². The number of nitrogens with one attached hydrogen (secondary N) is 4. The summed E-state index contributed by atoms with van der Waals surface area (Å²) in [6.45, 7) is 3.59. The van der Waals surface area contributed by atoms with Crippen LogP contribution >= 0.6 is 39.5 Å². The van der Waals surface area contributed by atoms with E-state index in [0.717, 1.165) is 31.4 Å². The molecule has 2 amide bonds. The lowest BCUT2D eigenvalue weighted by atomic mass is 9.80. The minimum atomic E-state index is -4.73. The van der Waals surface area contributed by atoms with E-state index in [9.17, 15) is 50.4 Å². The number of hydrogen-bond donors (Lipinski definition) is 8. The first-order chi connectivity index (χ1) is 37.9. The summed E-state index contributed by atoms with van der Waals surface area (Å²) in [5.74, 6) is -3.08. The number of hydrogen-bond acceptors (Lipinski definition) is 14. The Hall–Kier alpha value is -6.23. The number of alkyl halides is 6. The molecule has 14 nitrogen and oxygen atoms in total.